The zero-order chi connectivity index (χ0) is 12.4. The first-order chi connectivity index (χ1) is 7.60. The predicted octanol–water partition coefficient (Wildman–Crippen LogP) is -0.785. The number of carbonyl (C=O) groups excluding carboxylic acids is 2. The summed E-state index contributed by atoms with van der Waals surface area (Å²) < 4.78 is 0. The van der Waals surface area contributed by atoms with Crippen molar-refractivity contribution in [3.05, 3.63) is 0 Å². The molecule has 0 saturated heterocycles. The summed E-state index contributed by atoms with van der Waals surface area (Å²) in [6, 6.07) is 0. The Bertz CT molecular complexity index is 221. The highest BCUT2D eigenvalue weighted by atomic mass is 16.2. The van der Waals surface area contributed by atoms with E-state index in [2.05, 4.69) is 10.7 Å². The van der Waals surface area contributed by atoms with Crippen LogP contribution in [0.5, 0.6) is 0 Å². The fourth-order valence-corrected chi connectivity index (χ4v) is 1.32. The highest BCUT2D eigenvalue weighted by Gasteiger charge is 2.04. The number of likely N-dealkylation sites (N-methyl/N-ethyl adjacent to an activating group) is 2. The molecule has 0 saturated carbocycles. The Labute approximate surface area is 96.5 Å². The molecular formula is C10H22N4O2. The third kappa shape index (κ3) is 8.19. The summed E-state index contributed by atoms with van der Waals surface area (Å²) in [5.41, 5.74) is 2.10. The van der Waals surface area contributed by atoms with Gasteiger partial charge in [0.15, 0.2) is 0 Å². The molecule has 2 amide bonds. The van der Waals surface area contributed by atoms with Crippen LogP contribution in [-0.2, 0) is 9.59 Å². The van der Waals surface area contributed by atoms with Crippen LogP contribution in [-0.4, -0.2) is 43.9 Å². The lowest BCUT2D eigenvalue weighted by atomic mass is 10.2. The first-order valence-electron chi connectivity index (χ1n) is 5.48. The maximum absolute atomic E-state index is 11.0. The average molecular weight is 230 g/mol. The molecule has 0 aromatic rings. The van der Waals surface area contributed by atoms with Crippen molar-refractivity contribution in [1.82, 2.24) is 15.6 Å². The normalized spacial score (nSPS) is 10.2. The Morgan fingerprint density at radius 1 is 1.19 bits per heavy atom. The monoisotopic (exact) mass is 230 g/mol. The molecule has 0 aliphatic rings. The molecule has 0 spiro atoms. The molecule has 0 aliphatic heterocycles. The SMILES string of the molecule is CNC(=O)CN(C)CCCCCC(=O)NN. The quantitative estimate of drug-likeness (QED) is 0.221. The molecule has 16 heavy (non-hydrogen) atoms. The Hall–Kier alpha value is -1.14. The van der Waals surface area contributed by atoms with Gasteiger partial charge in [-0.05, 0) is 26.4 Å². The molecule has 0 bridgehead atoms. The van der Waals surface area contributed by atoms with Gasteiger partial charge in [0.2, 0.25) is 11.8 Å². The van der Waals surface area contributed by atoms with E-state index in [1.165, 1.54) is 0 Å². The Morgan fingerprint density at radius 2 is 1.88 bits per heavy atom. The zero-order valence-corrected chi connectivity index (χ0v) is 10.1. The van der Waals surface area contributed by atoms with Crippen LogP contribution < -0.4 is 16.6 Å². The van der Waals surface area contributed by atoms with Crippen molar-refractivity contribution in [2.75, 3.05) is 27.2 Å². The van der Waals surface area contributed by atoms with Crippen LogP contribution in [0.3, 0.4) is 0 Å². The molecule has 94 valence electrons. The van der Waals surface area contributed by atoms with Gasteiger partial charge in [-0.25, -0.2) is 5.84 Å². The van der Waals surface area contributed by atoms with E-state index in [1.54, 1.807) is 7.05 Å². The molecule has 0 radical (unpaired) electrons. The Morgan fingerprint density at radius 3 is 2.44 bits per heavy atom. The van der Waals surface area contributed by atoms with Crippen molar-refractivity contribution in [2.45, 2.75) is 25.7 Å². The smallest absolute Gasteiger partial charge is 0.233 e. The van der Waals surface area contributed by atoms with E-state index in [9.17, 15) is 9.59 Å². The van der Waals surface area contributed by atoms with E-state index in [4.69, 9.17) is 5.84 Å². The number of hydrogen-bond acceptors (Lipinski definition) is 4. The number of nitrogens with two attached hydrogens (primary N) is 1. The summed E-state index contributed by atoms with van der Waals surface area (Å²) in [7, 11) is 3.53. The standard InChI is InChI=1S/C10H22N4O2/c1-12-10(16)8-14(2)7-5-3-4-6-9(15)13-11/h3-8,11H2,1-2H3,(H,12,16)(H,13,15). The number of hydrogen-bond donors (Lipinski definition) is 3. The number of carbonyl (C=O) groups is 2. The van der Waals surface area contributed by atoms with Gasteiger partial charge in [-0.3, -0.25) is 19.9 Å². The van der Waals surface area contributed by atoms with Gasteiger partial charge in [0.1, 0.15) is 0 Å². The number of hydrazine groups is 1. The van der Waals surface area contributed by atoms with Gasteiger partial charge < -0.3 is 5.32 Å². The largest absolute Gasteiger partial charge is 0.358 e. The third-order valence-corrected chi connectivity index (χ3v) is 2.30. The van der Waals surface area contributed by atoms with Crippen LogP contribution in [0.4, 0.5) is 0 Å². The number of nitrogens with zero attached hydrogens (tertiary/aromatic N) is 1. The van der Waals surface area contributed by atoms with Gasteiger partial charge in [0.25, 0.3) is 0 Å². The van der Waals surface area contributed by atoms with E-state index in [0.29, 0.717) is 13.0 Å². The summed E-state index contributed by atoms with van der Waals surface area (Å²) in [5.74, 6) is 4.85. The fraction of sp³-hybridized carbons (Fsp3) is 0.800. The number of nitrogens with one attached hydrogen (secondary N) is 2. The fourth-order valence-electron chi connectivity index (χ4n) is 1.32. The molecule has 4 N–H and O–H groups in total. The first kappa shape index (κ1) is 14.9. The van der Waals surface area contributed by atoms with Gasteiger partial charge in [-0.2, -0.15) is 0 Å². The molecule has 0 heterocycles. The van der Waals surface area contributed by atoms with Gasteiger partial charge in [-0.1, -0.05) is 6.42 Å². The van der Waals surface area contributed by atoms with Crippen LogP contribution in [0.2, 0.25) is 0 Å². The maximum atomic E-state index is 11.0. The van der Waals surface area contributed by atoms with Crippen LogP contribution in [0.25, 0.3) is 0 Å². The van der Waals surface area contributed by atoms with E-state index < -0.39 is 0 Å². The second kappa shape index (κ2) is 9.11. The van der Waals surface area contributed by atoms with E-state index >= 15 is 0 Å². The third-order valence-electron chi connectivity index (χ3n) is 2.30. The molecule has 0 aliphatic carbocycles. The van der Waals surface area contributed by atoms with Crippen LogP contribution >= 0.6 is 0 Å². The molecular weight excluding hydrogens is 208 g/mol. The van der Waals surface area contributed by atoms with Crippen LogP contribution in [0, 0.1) is 0 Å². The van der Waals surface area contributed by atoms with Crippen molar-refractivity contribution in [1.29, 1.82) is 0 Å². The second-order valence-corrected chi connectivity index (χ2v) is 3.79. The van der Waals surface area contributed by atoms with Gasteiger partial charge in [0, 0.05) is 13.5 Å². The lowest BCUT2D eigenvalue weighted by Gasteiger charge is -2.14. The van der Waals surface area contributed by atoms with Crippen molar-refractivity contribution in [2.24, 2.45) is 5.84 Å². The van der Waals surface area contributed by atoms with E-state index in [1.807, 2.05) is 11.9 Å². The first-order valence-corrected chi connectivity index (χ1v) is 5.48. The summed E-state index contributed by atoms with van der Waals surface area (Å²) in [5, 5.41) is 2.57. The van der Waals surface area contributed by atoms with E-state index in [-0.39, 0.29) is 11.8 Å². The molecule has 0 aromatic heterocycles. The van der Waals surface area contributed by atoms with Crippen molar-refractivity contribution in [3.8, 4) is 0 Å². The van der Waals surface area contributed by atoms with Gasteiger partial charge in [-0.15, -0.1) is 0 Å². The summed E-state index contributed by atoms with van der Waals surface area (Å²) in [6.45, 7) is 1.28. The summed E-state index contributed by atoms with van der Waals surface area (Å²) in [6.07, 6.45) is 3.24. The van der Waals surface area contributed by atoms with Crippen molar-refractivity contribution < 1.29 is 9.59 Å². The highest BCUT2D eigenvalue weighted by Crippen LogP contribution is 2.00. The zero-order valence-electron chi connectivity index (χ0n) is 10.1. The number of rotatable bonds is 8. The molecule has 6 nitrogen and oxygen atoms in total. The van der Waals surface area contributed by atoms with Gasteiger partial charge in [0.05, 0.1) is 6.54 Å². The number of amides is 2. The molecule has 0 atom stereocenters. The van der Waals surface area contributed by atoms with Crippen molar-refractivity contribution >= 4 is 11.8 Å². The number of unbranched alkanes of at least 4 members (excludes halogenated alkanes) is 2. The highest BCUT2D eigenvalue weighted by molar-refractivity contribution is 5.77. The van der Waals surface area contributed by atoms with Crippen LogP contribution in [0.1, 0.15) is 25.7 Å². The minimum absolute atomic E-state index is 0.0185. The Kier molecular flexibility index (Phi) is 8.46. The lowest BCUT2D eigenvalue weighted by Crippen LogP contribution is -2.33. The summed E-state index contributed by atoms with van der Waals surface area (Å²) >= 11 is 0. The molecule has 0 unspecified atom stereocenters. The maximum Gasteiger partial charge on any atom is 0.233 e. The molecule has 6 heteroatoms. The molecule has 0 aromatic carbocycles. The Balaban J connectivity index is 3.37. The molecule has 0 fully saturated rings. The lowest BCUT2D eigenvalue weighted by molar-refractivity contribution is -0.122. The predicted molar refractivity (Wildman–Crippen MR) is 62.4 cm³/mol. The van der Waals surface area contributed by atoms with Gasteiger partial charge >= 0.3 is 0 Å². The topological polar surface area (TPSA) is 87.5 Å². The average Bonchev–Trinajstić information content (AvgIpc) is 2.27. The molecule has 0 rings (SSSR count). The van der Waals surface area contributed by atoms with Crippen molar-refractivity contribution in [3.63, 3.8) is 0 Å². The second-order valence-electron chi connectivity index (χ2n) is 3.79. The van der Waals surface area contributed by atoms with Crippen LogP contribution in [0.15, 0.2) is 0 Å². The van der Waals surface area contributed by atoms with E-state index in [0.717, 1.165) is 25.8 Å². The minimum atomic E-state index is -0.126. The minimum Gasteiger partial charge on any atom is -0.358 e. The summed E-state index contributed by atoms with van der Waals surface area (Å²) in [4.78, 5) is 23.8.